The summed E-state index contributed by atoms with van der Waals surface area (Å²) in [5.41, 5.74) is 3.06. The number of carbonyl (C=O) groups is 2. The van der Waals surface area contributed by atoms with E-state index in [1.54, 1.807) is 0 Å². The first-order valence-electron chi connectivity index (χ1n) is 10.5. The Bertz CT molecular complexity index is 1040. The zero-order valence-electron chi connectivity index (χ0n) is 17.3. The lowest BCUT2D eigenvalue weighted by Gasteiger charge is -2.34. The Labute approximate surface area is 190 Å². The van der Waals surface area contributed by atoms with E-state index in [2.05, 4.69) is 20.9 Å². The maximum absolute atomic E-state index is 13.2. The van der Waals surface area contributed by atoms with E-state index in [0.717, 1.165) is 34.3 Å². The van der Waals surface area contributed by atoms with E-state index < -0.39 is 11.8 Å². The van der Waals surface area contributed by atoms with Crippen LogP contribution in [-0.4, -0.2) is 30.7 Å². The smallest absolute Gasteiger partial charge is 0.315 e. The summed E-state index contributed by atoms with van der Waals surface area (Å²) in [5, 5.41) is 0. The molecule has 6 heteroatoms. The van der Waals surface area contributed by atoms with E-state index >= 15 is 0 Å². The van der Waals surface area contributed by atoms with Crippen LogP contribution in [0.4, 0.5) is 0 Å². The van der Waals surface area contributed by atoms with Crippen LogP contribution in [0.3, 0.4) is 0 Å². The predicted octanol–water partition coefficient (Wildman–Crippen LogP) is 5.25. The van der Waals surface area contributed by atoms with Gasteiger partial charge in [-0.2, -0.15) is 0 Å². The van der Waals surface area contributed by atoms with Crippen molar-refractivity contribution in [2.24, 2.45) is 10.9 Å². The molecule has 1 aliphatic heterocycles. The molecule has 0 bridgehead atoms. The number of halogens is 1. The number of para-hydroxylation sites is 1. The highest BCUT2D eigenvalue weighted by Crippen LogP contribution is 2.45. The van der Waals surface area contributed by atoms with Gasteiger partial charge in [0.15, 0.2) is 5.78 Å². The van der Waals surface area contributed by atoms with Gasteiger partial charge in [-0.05, 0) is 43.5 Å². The normalized spacial score (nSPS) is 20.7. The molecule has 0 N–H and O–H groups in total. The average molecular weight is 482 g/mol. The van der Waals surface area contributed by atoms with Crippen LogP contribution >= 0.6 is 15.9 Å². The summed E-state index contributed by atoms with van der Waals surface area (Å²) in [6.45, 7) is 2.23. The molecule has 1 heterocycles. The SMILES string of the molecule is CC1=NC2=C(C(=O)CCC2)[C@H](c2ccccc2Br)C1C(=O)OCCOc1ccccc1. The van der Waals surface area contributed by atoms with E-state index in [4.69, 9.17) is 9.47 Å². The number of hydrogen-bond acceptors (Lipinski definition) is 5. The first kappa shape index (κ1) is 21.5. The summed E-state index contributed by atoms with van der Waals surface area (Å²) >= 11 is 3.61. The first-order chi connectivity index (χ1) is 15.1. The zero-order valence-corrected chi connectivity index (χ0v) is 18.9. The van der Waals surface area contributed by atoms with E-state index in [-0.39, 0.29) is 25.0 Å². The number of carbonyl (C=O) groups excluding carboxylic acids is 2. The van der Waals surface area contributed by atoms with Crippen molar-refractivity contribution in [1.29, 1.82) is 0 Å². The molecule has 0 saturated heterocycles. The van der Waals surface area contributed by atoms with Gasteiger partial charge in [0.05, 0.1) is 0 Å². The molecule has 5 nitrogen and oxygen atoms in total. The Morgan fingerprint density at radius 3 is 2.58 bits per heavy atom. The summed E-state index contributed by atoms with van der Waals surface area (Å²) in [7, 11) is 0. The van der Waals surface area contributed by atoms with Gasteiger partial charge in [-0.15, -0.1) is 0 Å². The molecule has 0 amide bonds. The second-order valence-electron chi connectivity index (χ2n) is 7.70. The first-order valence-corrected chi connectivity index (χ1v) is 11.3. The molecule has 4 rings (SSSR count). The largest absolute Gasteiger partial charge is 0.490 e. The van der Waals surface area contributed by atoms with Gasteiger partial charge in [0.25, 0.3) is 0 Å². The molecule has 2 atom stereocenters. The molecule has 0 radical (unpaired) electrons. The highest BCUT2D eigenvalue weighted by molar-refractivity contribution is 9.10. The van der Waals surface area contributed by atoms with Crippen LogP contribution in [0.1, 0.15) is 37.7 Å². The van der Waals surface area contributed by atoms with Crippen molar-refractivity contribution in [2.45, 2.75) is 32.1 Å². The number of rotatable bonds is 6. The molecule has 2 aliphatic rings. The standard InChI is InChI=1S/C25H24BrNO4/c1-16-22(25(29)31-15-14-30-17-8-3-2-4-9-17)23(18-10-5-6-11-19(18)26)24-20(27-16)12-7-13-21(24)28/h2-6,8-11,22-23H,7,12-15H2,1H3/t22?,23-/m1/s1. The molecule has 0 spiro atoms. The fourth-order valence-electron chi connectivity index (χ4n) is 4.28. The Kier molecular flexibility index (Phi) is 6.66. The van der Waals surface area contributed by atoms with E-state index in [1.165, 1.54) is 0 Å². The van der Waals surface area contributed by atoms with E-state index in [9.17, 15) is 9.59 Å². The molecule has 0 saturated carbocycles. The van der Waals surface area contributed by atoms with Crippen molar-refractivity contribution in [3.8, 4) is 5.75 Å². The average Bonchev–Trinajstić information content (AvgIpc) is 2.77. The Hall–Kier alpha value is -2.73. The van der Waals surface area contributed by atoms with Crippen LogP contribution in [0.15, 0.2) is 75.3 Å². The number of esters is 1. The zero-order chi connectivity index (χ0) is 21.8. The van der Waals surface area contributed by atoms with Crippen molar-refractivity contribution in [2.75, 3.05) is 13.2 Å². The monoisotopic (exact) mass is 481 g/mol. The number of ketones is 1. The number of benzene rings is 2. The third kappa shape index (κ3) is 4.64. The minimum Gasteiger partial charge on any atom is -0.490 e. The maximum Gasteiger partial charge on any atom is 0.315 e. The topological polar surface area (TPSA) is 65.0 Å². The lowest BCUT2D eigenvalue weighted by atomic mass is 9.72. The predicted molar refractivity (Wildman–Crippen MR) is 122 cm³/mol. The highest BCUT2D eigenvalue weighted by atomic mass is 79.9. The minimum atomic E-state index is -0.642. The third-order valence-electron chi connectivity index (χ3n) is 5.67. The van der Waals surface area contributed by atoms with Crippen LogP contribution < -0.4 is 4.74 Å². The van der Waals surface area contributed by atoms with E-state index in [1.807, 2.05) is 61.5 Å². The van der Waals surface area contributed by atoms with Crippen LogP contribution in [0, 0.1) is 5.92 Å². The summed E-state index contributed by atoms with van der Waals surface area (Å²) in [6.07, 6.45) is 2.04. The summed E-state index contributed by atoms with van der Waals surface area (Å²) in [6, 6.07) is 17.1. The molecular weight excluding hydrogens is 458 g/mol. The molecule has 0 fully saturated rings. The van der Waals surface area contributed by atoms with Gasteiger partial charge in [-0.3, -0.25) is 14.6 Å². The Balaban J connectivity index is 1.56. The van der Waals surface area contributed by atoms with Gasteiger partial charge in [-0.25, -0.2) is 0 Å². The Morgan fingerprint density at radius 1 is 1.06 bits per heavy atom. The van der Waals surface area contributed by atoms with Gasteiger partial charge < -0.3 is 9.47 Å². The molecule has 31 heavy (non-hydrogen) atoms. The van der Waals surface area contributed by atoms with Crippen LogP contribution in [0.2, 0.25) is 0 Å². The molecule has 160 valence electrons. The molecule has 1 unspecified atom stereocenters. The molecule has 2 aromatic carbocycles. The Morgan fingerprint density at radius 2 is 1.81 bits per heavy atom. The third-order valence-corrected chi connectivity index (χ3v) is 6.39. The summed E-state index contributed by atoms with van der Waals surface area (Å²) in [5.74, 6) is -0.635. The molecule has 2 aromatic rings. The second kappa shape index (κ2) is 9.60. The number of ether oxygens (including phenoxy) is 2. The minimum absolute atomic E-state index is 0.0727. The highest BCUT2D eigenvalue weighted by Gasteiger charge is 2.43. The van der Waals surface area contributed by atoms with Crippen molar-refractivity contribution in [1.82, 2.24) is 0 Å². The van der Waals surface area contributed by atoms with Gasteiger partial charge in [-0.1, -0.05) is 52.3 Å². The second-order valence-corrected chi connectivity index (χ2v) is 8.55. The number of hydrogen-bond donors (Lipinski definition) is 0. The van der Waals surface area contributed by atoms with Crippen LogP contribution in [0.25, 0.3) is 0 Å². The van der Waals surface area contributed by atoms with E-state index in [0.29, 0.717) is 17.7 Å². The summed E-state index contributed by atoms with van der Waals surface area (Å²) < 4.78 is 12.1. The fourth-order valence-corrected chi connectivity index (χ4v) is 4.81. The lowest BCUT2D eigenvalue weighted by Crippen LogP contribution is -2.37. The van der Waals surface area contributed by atoms with Gasteiger partial charge in [0.2, 0.25) is 0 Å². The van der Waals surface area contributed by atoms with Crippen molar-refractivity contribution < 1.29 is 19.1 Å². The number of aliphatic imine (C=N–C) groups is 1. The van der Waals surface area contributed by atoms with Gasteiger partial charge in [0, 0.05) is 33.8 Å². The van der Waals surface area contributed by atoms with Crippen molar-refractivity contribution in [3.63, 3.8) is 0 Å². The quantitative estimate of drug-likeness (QED) is 0.417. The number of nitrogens with zero attached hydrogens (tertiary/aromatic N) is 1. The van der Waals surface area contributed by atoms with Gasteiger partial charge in [0.1, 0.15) is 24.9 Å². The molecule has 0 aromatic heterocycles. The summed E-state index contributed by atoms with van der Waals surface area (Å²) in [4.78, 5) is 30.8. The van der Waals surface area contributed by atoms with Gasteiger partial charge >= 0.3 is 5.97 Å². The molecule has 1 aliphatic carbocycles. The van der Waals surface area contributed by atoms with Crippen LogP contribution in [0.5, 0.6) is 5.75 Å². The van der Waals surface area contributed by atoms with Crippen molar-refractivity contribution in [3.05, 3.63) is 75.9 Å². The number of allylic oxidation sites excluding steroid dienone is 2. The number of Topliss-reactive ketones (excluding diaryl/α,β-unsaturated/α-hetero) is 1. The maximum atomic E-state index is 13.2. The fraction of sp³-hybridized carbons (Fsp3) is 0.320. The lowest BCUT2D eigenvalue weighted by molar-refractivity contribution is -0.147. The molecular formula is C25H24BrNO4. The van der Waals surface area contributed by atoms with Crippen LogP contribution in [-0.2, 0) is 14.3 Å². The van der Waals surface area contributed by atoms with Crippen molar-refractivity contribution >= 4 is 33.4 Å².